The summed E-state index contributed by atoms with van der Waals surface area (Å²) < 4.78 is 0. The third-order valence-electron chi connectivity index (χ3n) is 28.4. The zero-order valence-electron chi connectivity index (χ0n) is 78.2. The second-order valence-electron chi connectivity index (χ2n) is 45.2. The summed E-state index contributed by atoms with van der Waals surface area (Å²) in [5.41, 5.74) is 24.1. The van der Waals surface area contributed by atoms with E-state index in [1.54, 1.807) is 0 Å². The molecule has 0 fully saturated rings. The first-order chi connectivity index (χ1) is 59.6. The van der Waals surface area contributed by atoms with Gasteiger partial charge in [-0.3, -0.25) is 0 Å². The predicted octanol–water partition coefficient (Wildman–Crippen LogP) is 35.4. The molecule has 21 aromatic carbocycles. The summed E-state index contributed by atoms with van der Waals surface area (Å²) in [4.78, 5) is 0. The van der Waals surface area contributed by atoms with Gasteiger partial charge in [0.25, 0.3) is 0 Å². The smallest absolute Gasteiger partial charge is 0.0406 e. The number of fused-ring (bicyclic) bond motifs is 14. The Bertz CT molecular complexity index is 7360. The summed E-state index contributed by atoms with van der Waals surface area (Å²) in [7, 11) is 0. The monoisotopic (exact) mass is 1630 g/mol. The lowest BCUT2D eigenvalue weighted by atomic mass is 9.76. The van der Waals surface area contributed by atoms with E-state index in [0.717, 1.165) is 54.6 Å². The minimum Gasteiger partial charge on any atom is -0.0616 e. The van der Waals surface area contributed by atoms with E-state index in [2.05, 4.69) is 445 Å². The molecular weight excluding hydrogens is 1510 g/mol. The van der Waals surface area contributed by atoms with Crippen molar-refractivity contribution in [2.75, 3.05) is 0 Å². The molecular formula is C126H114. The van der Waals surface area contributed by atoms with Crippen LogP contribution in [0, 0.1) is 23.7 Å². The van der Waals surface area contributed by atoms with Crippen LogP contribution in [0.25, 0.3) is 195 Å². The third kappa shape index (κ3) is 12.5. The van der Waals surface area contributed by atoms with Crippen LogP contribution in [0.15, 0.2) is 255 Å². The van der Waals surface area contributed by atoms with Gasteiger partial charge in [0, 0.05) is 22.3 Å². The summed E-state index contributed by atoms with van der Waals surface area (Å²) in [5.74, 6) is 15.9. The molecule has 618 valence electrons. The minimum atomic E-state index is -0.115. The molecule has 0 heterocycles. The Morgan fingerprint density at radius 2 is 0.333 bits per heavy atom. The molecule has 21 rings (SSSR count). The average molecular weight is 1630 g/mol. The van der Waals surface area contributed by atoms with E-state index in [0.29, 0.717) is 0 Å². The summed E-state index contributed by atoms with van der Waals surface area (Å²) in [6.45, 7) is 57.0. The van der Waals surface area contributed by atoms with E-state index in [9.17, 15) is 0 Å². The van der Waals surface area contributed by atoms with Crippen molar-refractivity contribution in [1.82, 2.24) is 0 Å². The van der Waals surface area contributed by atoms with Gasteiger partial charge < -0.3 is 0 Å². The first-order valence-electron chi connectivity index (χ1n) is 45.9. The van der Waals surface area contributed by atoms with Crippen LogP contribution < -0.4 is 0 Å². The molecule has 0 aromatic heterocycles. The highest BCUT2D eigenvalue weighted by Gasteiger charge is 2.36. The topological polar surface area (TPSA) is 0 Å². The van der Waals surface area contributed by atoms with Gasteiger partial charge in [0.05, 0.1) is 0 Å². The fraction of sp³-hybridized carbons (Fsp3) is 0.254. The first kappa shape index (κ1) is 80.5. The number of benzene rings is 17. The lowest BCUT2D eigenvalue weighted by molar-refractivity contribution is 0.568. The van der Waals surface area contributed by atoms with Crippen LogP contribution in [-0.2, 0) is 43.3 Å². The Labute approximate surface area is 744 Å². The van der Waals surface area contributed by atoms with Crippen LogP contribution in [0.5, 0.6) is 0 Å². The highest BCUT2D eigenvalue weighted by atomic mass is 14.4. The number of hydrogen-bond donors (Lipinski definition) is 0. The molecule has 0 saturated heterocycles. The van der Waals surface area contributed by atoms with E-state index >= 15 is 0 Å². The maximum absolute atomic E-state index is 3.99. The average Bonchev–Trinajstić information content (AvgIpc) is 1.52. The molecule has 0 aliphatic carbocycles. The molecule has 0 amide bonds. The Balaban J connectivity index is 0.802. The van der Waals surface area contributed by atoms with E-state index in [4.69, 9.17) is 0 Å². The van der Waals surface area contributed by atoms with E-state index in [1.165, 1.54) is 208 Å². The second kappa shape index (κ2) is 27.5. The Morgan fingerprint density at radius 1 is 0.151 bits per heavy atom. The van der Waals surface area contributed by atoms with Gasteiger partial charge in [-0.15, -0.1) is 0 Å². The molecule has 0 nitrogen and oxygen atoms in total. The molecule has 0 heteroatoms. The Hall–Kier alpha value is -12.6. The lowest BCUT2D eigenvalue weighted by Gasteiger charge is -2.28. The molecule has 0 radical (unpaired) electrons. The van der Waals surface area contributed by atoms with Gasteiger partial charge in [-0.05, 0) is 295 Å². The van der Waals surface area contributed by atoms with Gasteiger partial charge in [-0.2, -0.15) is 0 Å². The highest BCUT2D eigenvalue weighted by molar-refractivity contribution is 6.49. The number of rotatable bonds is 4. The fourth-order valence-electron chi connectivity index (χ4n) is 21.4. The fourth-order valence-corrected chi connectivity index (χ4v) is 21.4. The van der Waals surface area contributed by atoms with E-state index < -0.39 is 0 Å². The van der Waals surface area contributed by atoms with Gasteiger partial charge in [0.1, 0.15) is 0 Å². The summed E-state index contributed by atoms with van der Waals surface area (Å²) in [5, 5.41) is 35.1. The molecule has 0 saturated carbocycles. The van der Waals surface area contributed by atoms with Crippen LogP contribution in [-0.4, -0.2) is 0 Å². The zero-order valence-corrected chi connectivity index (χ0v) is 78.2. The van der Waals surface area contributed by atoms with Crippen molar-refractivity contribution >= 4 is 151 Å². The van der Waals surface area contributed by atoms with Crippen LogP contribution in [0.2, 0.25) is 0 Å². The standard InChI is InChI=1S/C126H114/c1-119(2,3)79-59-75(60-80(67-79)120(4,5)6)105-111-95-45-29-35-73-37-31-47-97(103(73)95)113(111)107(77-63-83(123(13,14)15)69-84(64-77)124(16,17)18)117-101-57-53-71(87-43-33-49-99(109(87)101)115(105)117)51-55-93-89-39-25-27-41-91(89)94(92-42-28-26-40-90(92)93)56-52-72-54-58-102-110-88(72)44-34-50-100(110)116-106(76-61-81(121(7,8)9)68-82(62-76)122(10,11)12)112-96-46-30-36-74-38-32-48-98(104(74)96)114(112)108(118(102)116)78-65-85(125(19,20)21)70-86(66-78)126(22,23)24/h25-50,53-54,57-70H,1-24H3. The number of hydrogen-bond acceptors (Lipinski definition) is 0. The molecule has 0 N–H and O–H groups in total. The normalized spacial score (nSPS) is 13.3. The first-order valence-corrected chi connectivity index (χ1v) is 45.9. The van der Waals surface area contributed by atoms with E-state index in [-0.39, 0.29) is 43.3 Å². The summed E-state index contributed by atoms with van der Waals surface area (Å²) in [6, 6.07) is 99.9. The van der Waals surface area contributed by atoms with E-state index in [1.807, 2.05) is 0 Å². The Kier molecular flexibility index (Phi) is 17.6. The van der Waals surface area contributed by atoms with Crippen LogP contribution in [0.4, 0.5) is 0 Å². The molecule has 0 spiro atoms. The van der Waals surface area contributed by atoms with Gasteiger partial charge in [0.2, 0.25) is 0 Å². The summed E-state index contributed by atoms with van der Waals surface area (Å²) in [6.07, 6.45) is 0. The van der Waals surface area contributed by atoms with Crippen molar-refractivity contribution in [2.45, 2.75) is 209 Å². The predicted molar refractivity (Wildman–Crippen MR) is 552 cm³/mol. The van der Waals surface area contributed by atoms with Gasteiger partial charge >= 0.3 is 0 Å². The molecule has 0 aliphatic rings. The van der Waals surface area contributed by atoms with Gasteiger partial charge in [-0.25, -0.2) is 0 Å². The van der Waals surface area contributed by atoms with Crippen LogP contribution >= 0.6 is 0 Å². The molecule has 0 aliphatic heterocycles. The third-order valence-corrected chi connectivity index (χ3v) is 28.4. The molecule has 126 heavy (non-hydrogen) atoms. The Morgan fingerprint density at radius 3 is 0.548 bits per heavy atom. The molecule has 21 aromatic rings. The highest BCUT2D eigenvalue weighted by Crippen LogP contribution is 2.60. The van der Waals surface area contributed by atoms with Crippen LogP contribution in [0.3, 0.4) is 0 Å². The molecule has 0 unspecified atom stereocenters. The van der Waals surface area contributed by atoms with Crippen molar-refractivity contribution in [2.24, 2.45) is 0 Å². The van der Waals surface area contributed by atoms with Crippen LogP contribution in [0.1, 0.15) is 233 Å². The van der Waals surface area contributed by atoms with Crippen molar-refractivity contribution in [3.8, 4) is 68.2 Å². The SMILES string of the molecule is CC(C)(C)c1cc(-c2c3c4cccc5cccc(c3c(-c3cc(C(C)(C)C)cc(C(C)(C)C)c3)c3c6ccc(C#Cc7c8ccccc8c(C#Cc8ccc9c%10c(-c%11cc(C(C)(C)C)cc(C(C)(C)C)c%11)c%11c%12cccc%13cccc(c%11c(-c%11cc(C(C)(C)C)cc(C(C)(C)C)c%11)c%10c%10cccc8c%109)c%13%12)c8ccccc78)c7cccc(c23)c76)c54)cc(C(C)(C)C)c1. The van der Waals surface area contributed by atoms with Gasteiger partial charge in [0.15, 0.2) is 0 Å². The van der Waals surface area contributed by atoms with Gasteiger partial charge in [-0.1, -0.05) is 433 Å². The maximum atomic E-state index is 3.99. The minimum absolute atomic E-state index is 0.115. The van der Waals surface area contributed by atoms with Crippen molar-refractivity contribution in [3.63, 3.8) is 0 Å². The maximum Gasteiger partial charge on any atom is 0.0406 e. The largest absolute Gasteiger partial charge is 0.0616 e. The zero-order chi connectivity index (χ0) is 88.2. The lowest BCUT2D eigenvalue weighted by Crippen LogP contribution is -2.16. The van der Waals surface area contributed by atoms with Crippen molar-refractivity contribution in [3.05, 3.63) is 322 Å². The second-order valence-corrected chi connectivity index (χ2v) is 45.2. The van der Waals surface area contributed by atoms with Crippen molar-refractivity contribution in [1.29, 1.82) is 0 Å². The van der Waals surface area contributed by atoms with Crippen molar-refractivity contribution < 1.29 is 0 Å². The quantitative estimate of drug-likeness (QED) is 0.122. The summed E-state index contributed by atoms with van der Waals surface area (Å²) >= 11 is 0. The molecule has 0 bridgehead atoms. The molecule has 0 atom stereocenters.